The Morgan fingerprint density at radius 1 is 1.42 bits per heavy atom. The van der Waals surface area contributed by atoms with E-state index in [-0.39, 0.29) is 6.04 Å². The molecule has 2 rings (SSSR count). The van der Waals surface area contributed by atoms with Crippen molar-refractivity contribution in [3.05, 3.63) is 50.2 Å². The maximum atomic E-state index is 6.27. The van der Waals surface area contributed by atoms with Crippen molar-refractivity contribution in [2.45, 2.75) is 26.3 Å². The Morgan fingerprint density at radius 2 is 2.11 bits per heavy atom. The van der Waals surface area contributed by atoms with Gasteiger partial charge in [-0.3, -0.25) is 4.68 Å². The van der Waals surface area contributed by atoms with Gasteiger partial charge in [0, 0.05) is 24.5 Å². The second kappa shape index (κ2) is 5.65. The largest absolute Gasteiger partial charge is 0.324 e. The van der Waals surface area contributed by atoms with Crippen molar-refractivity contribution in [3.8, 4) is 0 Å². The number of aromatic nitrogens is 2. The first kappa shape index (κ1) is 14.6. The number of rotatable bonds is 3. The molecule has 0 radical (unpaired) electrons. The van der Waals surface area contributed by atoms with E-state index in [1.54, 1.807) is 0 Å². The zero-order valence-electron chi connectivity index (χ0n) is 11.2. The van der Waals surface area contributed by atoms with E-state index in [4.69, 9.17) is 17.3 Å². The van der Waals surface area contributed by atoms with Gasteiger partial charge in [0.1, 0.15) is 0 Å². The van der Waals surface area contributed by atoms with Crippen LogP contribution in [0.3, 0.4) is 0 Å². The van der Waals surface area contributed by atoms with Crippen molar-refractivity contribution in [2.24, 2.45) is 12.8 Å². The average molecular weight is 343 g/mol. The van der Waals surface area contributed by atoms with Gasteiger partial charge in [0.15, 0.2) is 0 Å². The monoisotopic (exact) mass is 341 g/mol. The molecule has 1 aromatic carbocycles. The summed E-state index contributed by atoms with van der Waals surface area (Å²) in [5.41, 5.74) is 10.5. The lowest BCUT2D eigenvalue weighted by Crippen LogP contribution is -2.15. The minimum absolute atomic E-state index is 0.0933. The van der Waals surface area contributed by atoms with E-state index in [2.05, 4.69) is 21.0 Å². The Morgan fingerprint density at radius 3 is 2.63 bits per heavy atom. The van der Waals surface area contributed by atoms with Gasteiger partial charge in [-0.25, -0.2) is 0 Å². The van der Waals surface area contributed by atoms with E-state index in [9.17, 15) is 0 Å². The molecule has 102 valence electrons. The van der Waals surface area contributed by atoms with Crippen LogP contribution in [0, 0.1) is 13.8 Å². The minimum Gasteiger partial charge on any atom is -0.324 e. The fourth-order valence-corrected chi connectivity index (χ4v) is 2.75. The molecule has 1 unspecified atom stereocenters. The maximum absolute atomic E-state index is 6.27. The summed E-state index contributed by atoms with van der Waals surface area (Å²) >= 11 is 9.71. The highest BCUT2D eigenvalue weighted by Crippen LogP contribution is 2.26. The number of hydrogen-bond donors (Lipinski definition) is 1. The molecule has 2 N–H and O–H groups in total. The van der Waals surface area contributed by atoms with Gasteiger partial charge in [0.2, 0.25) is 0 Å². The highest BCUT2D eigenvalue weighted by atomic mass is 79.9. The maximum Gasteiger partial charge on any atom is 0.0738 e. The molecule has 3 nitrogen and oxygen atoms in total. The number of nitrogens with zero attached hydrogens (tertiary/aromatic N) is 2. The van der Waals surface area contributed by atoms with Crippen LogP contribution in [-0.4, -0.2) is 9.78 Å². The molecule has 0 aliphatic heterocycles. The first-order valence-electron chi connectivity index (χ1n) is 6.09. The predicted octanol–water partition coefficient (Wildman–Crippen LogP) is 3.70. The summed E-state index contributed by atoms with van der Waals surface area (Å²) in [5.74, 6) is 0. The molecule has 0 saturated carbocycles. The highest BCUT2D eigenvalue weighted by molar-refractivity contribution is 9.10. The molecular weight excluding hydrogens is 326 g/mol. The van der Waals surface area contributed by atoms with Gasteiger partial charge in [0.05, 0.1) is 15.9 Å². The van der Waals surface area contributed by atoms with Gasteiger partial charge < -0.3 is 5.73 Å². The van der Waals surface area contributed by atoms with Crippen LogP contribution in [0.25, 0.3) is 0 Å². The van der Waals surface area contributed by atoms with Gasteiger partial charge in [-0.15, -0.1) is 0 Å². The Balaban J connectivity index is 2.25. The summed E-state index contributed by atoms with van der Waals surface area (Å²) in [6, 6.07) is 5.88. The molecule has 5 heteroatoms. The summed E-state index contributed by atoms with van der Waals surface area (Å²) < 4.78 is 2.90. The molecule has 0 bridgehead atoms. The zero-order chi connectivity index (χ0) is 14.2. The lowest BCUT2D eigenvalue weighted by atomic mass is 10.0. The molecule has 19 heavy (non-hydrogen) atoms. The third-order valence-corrected chi connectivity index (χ3v) is 4.74. The molecule has 0 spiro atoms. The van der Waals surface area contributed by atoms with Crippen LogP contribution in [0.4, 0.5) is 0 Å². The Bertz CT molecular complexity index is 607. The standard InChI is InChI=1S/C14H17BrClN3/c1-8-4-5-10(6-11(8)16)12(17)7-13-14(15)9(2)18-19(13)3/h4-6,12H,7,17H2,1-3H3. The van der Waals surface area contributed by atoms with E-state index in [1.165, 1.54) is 0 Å². The molecule has 1 atom stereocenters. The van der Waals surface area contributed by atoms with Crippen molar-refractivity contribution < 1.29 is 0 Å². The number of aryl methyl sites for hydroxylation is 3. The first-order valence-corrected chi connectivity index (χ1v) is 7.27. The van der Waals surface area contributed by atoms with E-state index in [0.717, 1.165) is 38.4 Å². The Hall–Kier alpha value is -0.840. The number of hydrogen-bond acceptors (Lipinski definition) is 2. The third-order valence-electron chi connectivity index (χ3n) is 3.30. The SMILES string of the molecule is Cc1ccc(C(N)Cc2c(Br)c(C)nn2C)cc1Cl. The molecule has 1 aromatic heterocycles. The van der Waals surface area contributed by atoms with Crippen molar-refractivity contribution >= 4 is 27.5 Å². The Labute approximate surface area is 126 Å². The molecule has 0 fully saturated rings. The lowest BCUT2D eigenvalue weighted by molar-refractivity contribution is 0.638. The zero-order valence-corrected chi connectivity index (χ0v) is 13.6. The number of nitrogens with two attached hydrogens (primary N) is 1. The molecule has 1 heterocycles. The molecule has 0 amide bonds. The first-order chi connectivity index (χ1) is 8.90. The summed E-state index contributed by atoms with van der Waals surface area (Å²) in [6.07, 6.45) is 0.720. The van der Waals surface area contributed by atoms with Gasteiger partial charge in [0.25, 0.3) is 0 Å². The van der Waals surface area contributed by atoms with E-state index in [1.807, 2.05) is 43.8 Å². The van der Waals surface area contributed by atoms with Crippen LogP contribution >= 0.6 is 27.5 Å². The Kier molecular flexibility index (Phi) is 4.33. The van der Waals surface area contributed by atoms with Crippen LogP contribution < -0.4 is 5.73 Å². The van der Waals surface area contributed by atoms with Crippen LogP contribution in [0.15, 0.2) is 22.7 Å². The quantitative estimate of drug-likeness (QED) is 0.924. The fraction of sp³-hybridized carbons (Fsp3) is 0.357. The number of benzene rings is 1. The second-order valence-electron chi connectivity index (χ2n) is 4.79. The van der Waals surface area contributed by atoms with Gasteiger partial charge in [-0.1, -0.05) is 23.7 Å². The van der Waals surface area contributed by atoms with Gasteiger partial charge >= 0.3 is 0 Å². The van der Waals surface area contributed by atoms with Crippen molar-refractivity contribution in [3.63, 3.8) is 0 Å². The van der Waals surface area contributed by atoms with Crippen LogP contribution in [-0.2, 0) is 13.5 Å². The van der Waals surface area contributed by atoms with E-state index in [0.29, 0.717) is 0 Å². The molecule has 2 aromatic rings. The topological polar surface area (TPSA) is 43.8 Å². The van der Waals surface area contributed by atoms with Crippen molar-refractivity contribution in [1.82, 2.24) is 9.78 Å². The molecule has 0 saturated heterocycles. The highest BCUT2D eigenvalue weighted by Gasteiger charge is 2.15. The summed E-state index contributed by atoms with van der Waals surface area (Å²) in [7, 11) is 1.93. The van der Waals surface area contributed by atoms with Crippen LogP contribution in [0.2, 0.25) is 5.02 Å². The van der Waals surface area contributed by atoms with Crippen LogP contribution in [0.5, 0.6) is 0 Å². The molecular formula is C14H17BrClN3. The minimum atomic E-state index is -0.0933. The number of halogens is 2. The summed E-state index contributed by atoms with van der Waals surface area (Å²) in [6.45, 7) is 3.96. The molecule has 0 aliphatic rings. The van der Waals surface area contributed by atoms with Crippen molar-refractivity contribution in [1.29, 1.82) is 0 Å². The van der Waals surface area contributed by atoms with Crippen LogP contribution in [0.1, 0.15) is 28.6 Å². The van der Waals surface area contributed by atoms with Crippen molar-refractivity contribution in [2.75, 3.05) is 0 Å². The van der Waals surface area contributed by atoms with E-state index < -0.39 is 0 Å². The third kappa shape index (κ3) is 3.02. The second-order valence-corrected chi connectivity index (χ2v) is 5.99. The smallest absolute Gasteiger partial charge is 0.0738 e. The van der Waals surface area contributed by atoms with Gasteiger partial charge in [-0.2, -0.15) is 5.10 Å². The summed E-state index contributed by atoms with van der Waals surface area (Å²) in [5, 5.41) is 5.13. The molecule has 0 aliphatic carbocycles. The fourth-order valence-electron chi connectivity index (χ4n) is 2.07. The van der Waals surface area contributed by atoms with E-state index >= 15 is 0 Å². The summed E-state index contributed by atoms with van der Waals surface area (Å²) in [4.78, 5) is 0. The predicted molar refractivity (Wildman–Crippen MR) is 82.5 cm³/mol. The average Bonchev–Trinajstić information content (AvgIpc) is 2.59. The lowest BCUT2D eigenvalue weighted by Gasteiger charge is -2.14. The van der Waals surface area contributed by atoms with Gasteiger partial charge in [-0.05, 0) is 47.0 Å². The normalized spacial score (nSPS) is 12.7.